The van der Waals surface area contributed by atoms with Crippen LogP contribution in [0.15, 0.2) is 30.5 Å². The number of rotatable bonds is 5. The van der Waals surface area contributed by atoms with E-state index in [4.69, 9.17) is 5.26 Å². The lowest BCUT2D eigenvalue weighted by Crippen LogP contribution is -2.35. The molecule has 1 aromatic heterocycles. The second-order valence-corrected chi connectivity index (χ2v) is 7.13. The highest BCUT2D eigenvalue weighted by atomic mass is 15.3. The molecule has 0 saturated carbocycles. The third-order valence-electron chi connectivity index (χ3n) is 5.31. The molecule has 2 heterocycles. The van der Waals surface area contributed by atoms with E-state index in [2.05, 4.69) is 42.3 Å². The van der Waals surface area contributed by atoms with E-state index in [-0.39, 0.29) is 6.04 Å². The standard InChI is InChI=1S/C20H27N5/c1-15(22-13-18-8-10-24(3)11-9-18)20-14-23-25(16(20)2)19-6-4-17(12-21)5-7-19/h4-7,14-15,18,22H,8-11,13H2,1-3H3. The molecular weight excluding hydrogens is 310 g/mol. The highest BCUT2D eigenvalue weighted by molar-refractivity contribution is 5.40. The quantitative estimate of drug-likeness (QED) is 0.911. The molecule has 3 rings (SSSR count). The van der Waals surface area contributed by atoms with Crippen LogP contribution in [0, 0.1) is 24.2 Å². The Morgan fingerprint density at radius 2 is 1.96 bits per heavy atom. The highest BCUT2D eigenvalue weighted by Gasteiger charge is 2.19. The summed E-state index contributed by atoms with van der Waals surface area (Å²) in [4.78, 5) is 2.41. The molecule has 1 aliphatic heterocycles. The normalized spacial score (nSPS) is 17.4. The van der Waals surface area contributed by atoms with Crippen LogP contribution < -0.4 is 5.32 Å². The number of benzene rings is 1. The van der Waals surface area contributed by atoms with Crippen LogP contribution >= 0.6 is 0 Å². The second kappa shape index (κ2) is 7.81. The van der Waals surface area contributed by atoms with E-state index in [9.17, 15) is 0 Å². The van der Waals surface area contributed by atoms with Gasteiger partial charge in [0.25, 0.3) is 0 Å². The SMILES string of the molecule is Cc1c(C(C)NCC2CCN(C)CC2)cnn1-c1ccc(C#N)cc1. The van der Waals surface area contributed by atoms with Gasteiger partial charge in [0.15, 0.2) is 0 Å². The van der Waals surface area contributed by atoms with E-state index in [0.717, 1.165) is 23.8 Å². The van der Waals surface area contributed by atoms with E-state index in [0.29, 0.717) is 5.56 Å². The molecule has 1 unspecified atom stereocenters. The average Bonchev–Trinajstić information content (AvgIpc) is 3.02. The molecular formula is C20H27N5. The maximum Gasteiger partial charge on any atom is 0.0991 e. The third kappa shape index (κ3) is 4.09. The molecule has 1 aromatic carbocycles. The minimum atomic E-state index is 0.284. The van der Waals surface area contributed by atoms with E-state index < -0.39 is 0 Å². The van der Waals surface area contributed by atoms with Crippen molar-refractivity contribution in [2.24, 2.45) is 5.92 Å². The van der Waals surface area contributed by atoms with Crippen molar-refractivity contribution in [1.82, 2.24) is 20.0 Å². The Labute approximate surface area is 150 Å². The van der Waals surface area contributed by atoms with Gasteiger partial charge in [-0.25, -0.2) is 4.68 Å². The van der Waals surface area contributed by atoms with Crippen molar-refractivity contribution in [2.45, 2.75) is 32.7 Å². The summed E-state index contributed by atoms with van der Waals surface area (Å²) in [6.07, 6.45) is 4.51. The van der Waals surface area contributed by atoms with Gasteiger partial charge in [-0.15, -0.1) is 0 Å². The smallest absolute Gasteiger partial charge is 0.0991 e. The molecule has 0 aliphatic carbocycles. The minimum absolute atomic E-state index is 0.284. The molecule has 132 valence electrons. The molecule has 5 nitrogen and oxygen atoms in total. The fourth-order valence-electron chi connectivity index (χ4n) is 3.50. The van der Waals surface area contributed by atoms with E-state index in [1.165, 1.54) is 31.5 Å². The molecule has 1 atom stereocenters. The van der Waals surface area contributed by atoms with E-state index in [1.807, 2.05) is 35.1 Å². The van der Waals surface area contributed by atoms with Crippen LogP contribution in [-0.2, 0) is 0 Å². The Balaban J connectivity index is 1.64. The molecule has 1 saturated heterocycles. The zero-order valence-electron chi connectivity index (χ0n) is 15.4. The van der Waals surface area contributed by atoms with Crippen molar-refractivity contribution in [3.05, 3.63) is 47.3 Å². The summed E-state index contributed by atoms with van der Waals surface area (Å²) in [7, 11) is 2.20. The number of hydrogen-bond donors (Lipinski definition) is 1. The van der Waals surface area contributed by atoms with Crippen LogP contribution in [0.3, 0.4) is 0 Å². The van der Waals surface area contributed by atoms with Crippen LogP contribution in [0.5, 0.6) is 0 Å². The number of piperidine rings is 1. The largest absolute Gasteiger partial charge is 0.310 e. The first-order valence-electron chi connectivity index (χ1n) is 9.05. The molecule has 0 amide bonds. The minimum Gasteiger partial charge on any atom is -0.310 e. The van der Waals surface area contributed by atoms with E-state index >= 15 is 0 Å². The highest BCUT2D eigenvalue weighted by Crippen LogP contribution is 2.22. The van der Waals surface area contributed by atoms with Gasteiger partial charge in [-0.3, -0.25) is 0 Å². The van der Waals surface area contributed by atoms with Crippen molar-refractivity contribution >= 4 is 0 Å². The first kappa shape index (κ1) is 17.7. The fraction of sp³-hybridized carbons (Fsp3) is 0.500. The molecule has 1 aliphatic rings. The summed E-state index contributed by atoms with van der Waals surface area (Å²) < 4.78 is 1.95. The van der Waals surface area contributed by atoms with Crippen molar-refractivity contribution in [1.29, 1.82) is 5.26 Å². The number of aromatic nitrogens is 2. The van der Waals surface area contributed by atoms with Gasteiger partial charge < -0.3 is 10.2 Å². The summed E-state index contributed by atoms with van der Waals surface area (Å²) in [5, 5.41) is 17.2. The Hall–Kier alpha value is -2.16. The van der Waals surface area contributed by atoms with Crippen molar-refractivity contribution in [3.63, 3.8) is 0 Å². The zero-order valence-corrected chi connectivity index (χ0v) is 15.4. The maximum atomic E-state index is 8.93. The van der Waals surface area contributed by atoms with Gasteiger partial charge >= 0.3 is 0 Å². The van der Waals surface area contributed by atoms with Crippen LogP contribution in [0.25, 0.3) is 5.69 Å². The number of hydrogen-bond acceptors (Lipinski definition) is 4. The molecule has 1 fully saturated rings. The Morgan fingerprint density at radius 1 is 1.28 bits per heavy atom. The Kier molecular flexibility index (Phi) is 5.52. The molecule has 0 spiro atoms. The molecule has 1 N–H and O–H groups in total. The summed E-state index contributed by atoms with van der Waals surface area (Å²) in [5.74, 6) is 0.771. The van der Waals surface area contributed by atoms with Crippen LogP contribution in [0.2, 0.25) is 0 Å². The van der Waals surface area contributed by atoms with Crippen molar-refractivity contribution in [3.8, 4) is 11.8 Å². The molecule has 0 bridgehead atoms. The van der Waals surface area contributed by atoms with Gasteiger partial charge in [0.2, 0.25) is 0 Å². The first-order chi connectivity index (χ1) is 12.1. The third-order valence-corrected chi connectivity index (χ3v) is 5.31. The Morgan fingerprint density at radius 3 is 2.60 bits per heavy atom. The second-order valence-electron chi connectivity index (χ2n) is 7.13. The van der Waals surface area contributed by atoms with Gasteiger partial charge in [-0.2, -0.15) is 10.4 Å². The summed E-state index contributed by atoms with van der Waals surface area (Å²) in [6.45, 7) is 7.79. The van der Waals surface area contributed by atoms with Gasteiger partial charge in [-0.05, 0) is 83.6 Å². The lowest BCUT2D eigenvalue weighted by atomic mass is 9.96. The van der Waals surface area contributed by atoms with Gasteiger partial charge in [0.05, 0.1) is 23.5 Å². The Bertz CT molecular complexity index is 732. The lowest BCUT2D eigenvalue weighted by molar-refractivity contribution is 0.213. The molecule has 25 heavy (non-hydrogen) atoms. The summed E-state index contributed by atoms with van der Waals surface area (Å²) in [6, 6.07) is 9.98. The van der Waals surface area contributed by atoms with Gasteiger partial charge in [0.1, 0.15) is 0 Å². The monoisotopic (exact) mass is 337 g/mol. The maximum absolute atomic E-state index is 8.93. The summed E-state index contributed by atoms with van der Waals surface area (Å²) in [5.41, 5.74) is 4.04. The first-order valence-corrected chi connectivity index (χ1v) is 9.05. The summed E-state index contributed by atoms with van der Waals surface area (Å²) >= 11 is 0. The van der Waals surface area contributed by atoms with Crippen LogP contribution in [-0.4, -0.2) is 41.4 Å². The van der Waals surface area contributed by atoms with Crippen LogP contribution in [0.4, 0.5) is 0 Å². The van der Waals surface area contributed by atoms with Gasteiger partial charge in [0, 0.05) is 17.3 Å². The van der Waals surface area contributed by atoms with Crippen molar-refractivity contribution < 1.29 is 0 Å². The van der Waals surface area contributed by atoms with E-state index in [1.54, 1.807) is 0 Å². The molecule has 5 heteroatoms. The van der Waals surface area contributed by atoms with Crippen molar-refractivity contribution in [2.75, 3.05) is 26.7 Å². The molecule has 2 aromatic rings. The number of nitrogens with one attached hydrogen (secondary N) is 1. The predicted octanol–water partition coefficient (Wildman–Crippen LogP) is 3.04. The lowest BCUT2D eigenvalue weighted by Gasteiger charge is -2.30. The number of nitrogens with zero attached hydrogens (tertiary/aromatic N) is 4. The predicted molar refractivity (Wildman–Crippen MR) is 99.7 cm³/mol. The molecule has 0 radical (unpaired) electrons. The zero-order chi connectivity index (χ0) is 17.8. The van der Waals surface area contributed by atoms with Crippen LogP contribution in [0.1, 0.15) is 42.6 Å². The van der Waals surface area contributed by atoms with Gasteiger partial charge in [-0.1, -0.05) is 0 Å². The number of nitriles is 1. The number of likely N-dealkylation sites (tertiary alicyclic amines) is 1. The fourth-order valence-corrected chi connectivity index (χ4v) is 3.50. The topological polar surface area (TPSA) is 56.9 Å². The average molecular weight is 337 g/mol.